The number of hydrogen-bond donors (Lipinski definition) is 0. The second-order valence-corrected chi connectivity index (χ2v) is 19.0. The Bertz CT molecular complexity index is 1310. The molecule has 0 spiro atoms. The predicted molar refractivity (Wildman–Crippen MR) is 192 cm³/mol. The first-order valence-corrected chi connectivity index (χ1v) is 19.4. The van der Waals surface area contributed by atoms with Gasteiger partial charge in [-0.05, 0) is 0 Å². The topological polar surface area (TPSA) is 0 Å². The van der Waals surface area contributed by atoms with Crippen molar-refractivity contribution in [3.8, 4) is 0 Å². The van der Waals surface area contributed by atoms with Crippen LogP contribution in [0.5, 0.6) is 0 Å². The van der Waals surface area contributed by atoms with Gasteiger partial charge in [-0.25, -0.2) is 0 Å². The molecule has 0 saturated carbocycles. The molecule has 0 heterocycles. The van der Waals surface area contributed by atoms with E-state index in [0.717, 1.165) is 0 Å². The number of rotatable bonds is 4. The van der Waals surface area contributed by atoms with Gasteiger partial charge in [-0.3, -0.25) is 0 Å². The fraction of sp³-hybridized carbons (Fsp3) is 0. The van der Waals surface area contributed by atoms with Gasteiger partial charge in [0.25, 0.3) is 0 Å². The fourth-order valence-electron chi connectivity index (χ4n) is 4.53. The van der Waals surface area contributed by atoms with Gasteiger partial charge >= 0.3 is 178 Å². The molecule has 0 unspecified atom stereocenters. The van der Waals surface area contributed by atoms with E-state index in [1.165, 1.54) is 14.0 Å². The van der Waals surface area contributed by atoms with E-state index in [4.69, 9.17) is 0 Å². The summed E-state index contributed by atoms with van der Waals surface area (Å²) in [6.45, 7) is 0. The van der Waals surface area contributed by atoms with Crippen molar-refractivity contribution in [1.29, 1.82) is 0 Å². The third-order valence-corrected chi connectivity index (χ3v) is 18.6. The van der Waals surface area contributed by atoms with Gasteiger partial charge in [0.1, 0.15) is 0 Å². The van der Waals surface area contributed by atoms with Crippen LogP contribution in [0.2, 0.25) is 0 Å². The number of hydrogen-bond acceptors (Lipinski definition) is 0. The Balaban J connectivity index is 0.000000410. The third-order valence-electron chi connectivity index (χ3n) is 6.40. The van der Waals surface area contributed by atoms with Gasteiger partial charge in [0, 0.05) is 0 Å². The molecular weight excluding hydrogens is 860 g/mol. The molecular formula is C42H35BrClSbSn. The molecule has 0 bridgehead atoms. The summed E-state index contributed by atoms with van der Waals surface area (Å²) in [5.41, 5.74) is 0. The van der Waals surface area contributed by atoms with Crippen LogP contribution in [0.3, 0.4) is 0 Å². The molecule has 0 aromatic heterocycles. The van der Waals surface area contributed by atoms with Crippen LogP contribution in [0, 0.1) is 18.2 Å². The van der Waals surface area contributed by atoms with Crippen LogP contribution in [-0.4, -0.2) is 42.7 Å². The van der Waals surface area contributed by atoms with Crippen molar-refractivity contribution in [3.63, 3.8) is 0 Å². The summed E-state index contributed by atoms with van der Waals surface area (Å²) < 4.78 is 5.91. The molecule has 226 valence electrons. The Hall–Kier alpha value is -3.07. The molecule has 0 amide bonds. The zero-order valence-corrected chi connectivity index (χ0v) is 33.2. The van der Waals surface area contributed by atoms with Gasteiger partial charge in [-0.15, -0.1) is 0 Å². The molecule has 0 N–H and O–H groups in total. The quantitative estimate of drug-likeness (QED) is 0.184. The molecule has 0 aliphatic rings. The van der Waals surface area contributed by atoms with E-state index in [2.05, 4.69) is 140 Å². The van der Waals surface area contributed by atoms with E-state index in [-0.39, 0.29) is 53.3 Å². The van der Waals surface area contributed by atoms with Crippen molar-refractivity contribution in [2.75, 3.05) is 0 Å². The van der Waals surface area contributed by atoms with Gasteiger partial charge in [0.15, 0.2) is 0 Å². The summed E-state index contributed by atoms with van der Waals surface area (Å²) in [4.78, 5) is 0. The van der Waals surface area contributed by atoms with Crippen LogP contribution in [0.25, 0.3) is 0 Å². The van der Waals surface area contributed by atoms with Crippen molar-refractivity contribution in [2.24, 2.45) is 0 Å². The summed E-state index contributed by atoms with van der Waals surface area (Å²) in [6, 6.07) is 81.9. The van der Waals surface area contributed by atoms with Crippen molar-refractivity contribution in [2.45, 2.75) is 0 Å². The van der Waals surface area contributed by atoms with Crippen LogP contribution in [0.1, 0.15) is 0 Å². The maximum absolute atomic E-state index is 3.17. The molecule has 0 nitrogen and oxygen atoms in total. The average molecular weight is 896 g/mol. The summed E-state index contributed by atoms with van der Waals surface area (Å²) in [6.07, 6.45) is 0. The van der Waals surface area contributed by atoms with E-state index < -0.39 is 18.8 Å². The van der Waals surface area contributed by atoms with Crippen LogP contribution in [0.15, 0.2) is 212 Å². The SMILES string of the molecule is [Br-].[Cl-].[Sn+4].[c-]1ccccc1.[c-]1ccccc1.[c-]1ccccc1.c1cc[c]([Sb+]([c]2ccccc2)([c]2ccccc2)[c]2ccccc2)cc1. The van der Waals surface area contributed by atoms with Crippen LogP contribution >= 0.6 is 0 Å². The second kappa shape index (κ2) is 25.1. The standard InChI is InChI=1S/7C6H5.BrH.ClH.Sb.Sn/c7*1-2-4-6-5-3-1;;;;/h7*1-5H;2*1H;;/q;;;;3*-1;;;+1;+4/p-2. The van der Waals surface area contributed by atoms with E-state index in [9.17, 15) is 0 Å². The van der Waals surface area contributed by atoms with Crippen molar-refractivity contribution >= 4 is 56.8 Å². The number of benzene rings is 7. The Labute approximate surface area is 313 Å². The van der Waals surface area contributed by atoms with Crippen molar-refractivity contribution in [1.82, 2.24) is 0 Å². The van der Waals surface area contributed by atoms with E-state index in [1.807, 2.05) is 91.0 Å². The first-order valence-electron chi connectivity index (χ1n) is 14.3. The zero-order valence-electron chi connectivity index (χ0n) is 25.4. The van der Waals surface area contributed by atoms with Gasteiger partial charge < -0.3 is 29.4 Å². The molecule has 0 aliphatic carbocycles. The van der Waals surface area contributed by atoms with E-state index >= 15 is 0 Å². The van der Waals surface area contributed by atoms with Crippen LogP contribution < -0.4 is 43.4 Å². The summed E-state index contributed by atoms with van der Waals surface area (Å²) in [7, 11) is 0. The Morgan fingerprint density at radius 3 is 0.587 bits per heavy atom. The summed E-state index contributed by atoms with van der Waals surface area (Å²) in [5.74, 6) is 0. The van der Waals surface area contributed by atoms with Gasteiger partial charge in [-0.2, -0.15) is 109 Å². The number of halogens is 2. The normalized spacial score (nSPS) is 9.22. The Morgan fingerprint density at radius 1 is 0.283 bits per heavy atom. The Morgan fingerprint density at radius 2 is 0.457 bits per heavy atom. The van der Waals surface area contributed by atoms with E-state index in [0.29, 0.717) is 0 Å². The third kappa shape index (κ3) is 13.0. The molecule has 0 aliphatic heterocycles. The second-order valence-electron chi connectivity index (χ2n) is 9.25. The van der Waals surface area contributed by atoms with Crippen LogP contribution in [-0.2, 0) is 0 Å². The van der Waals surface area contributed by atoms with Crippen molar-refractivity contribution < 1.29 is 29.4 Å². The minimum atomic E-state index is -3.17. The maximum atomic E-state index is 2.89. The summed E-state index contributed by atoms with van der Waals surface area (Å²) >= 11 is -3.17. The average Bonchev–Trinajstić information content (AvgIpc) is 3.14. The van der Waals surface area contributed by atoms with E-state index in [1.54, 1.807) is 0 Å². The molecule has 7 aromatic rings. The first kappa shape index (κ1) is 41.0. The molecule has 0 radical (unpaired) electrons. The molecule has 46 heavy (non-hydrogen) atoms. The zero-order chi connectivity index (χ0) is 29.7. The molecule has 0 atom stereocenters. The van der Waals surface area contributed by atoms with Gasteiger partial charge in [0.05, 0.1) is 0 Å². The molecule has 4 heteroatoms. The first-order chi connectivity index (χ1) is 21.4. The summed E-state index contributed by atoms with van der Waals surface area (Å²) in [5, 5.41) is 0. The predicted octanol–water partition coefficient (Wildman–Crippen LogP) is 1.15. The monoisotopic (exact) mass is 894 g/mol. The minimum absolute atomic E-state index is 0. The molecule has 7 rings (SSSR count). The molecule has 0 fully saturated rings. The molecule has 7 aromatic carbocycles. The fourth-order valence-corrected chi connectivity index (χ4v) is 16.7. The van der Waals surface area contributed by atoms with Crippen molar-refractivity contribution in [3.05, 3.63) is 231 Å². The van der Waals surface area contributed by atoms with Gasteiger partial charge in [0.2, 0.25) is 0 Å². The van der Waals surface area contributed by atoms with Gasteiger partial charge in [-0.1, -0.05) is 0 Å². The molecule has 0 saturated heterocycles. The Kier molecular flexibility index (Phi) is 22.3. The van der Waals surface area contributed by atoms with Crippen LogP contribution in [0.4, 0.5) is 0 Å².